The van der Waals surface area contributed by atoms with Gasteiger partial charge in [0.1, 0.15) is 9.79 Å². The molecule has 0 aliphatic carbocycles. The van der Waals surface area contributed by atoms with Gasteiger partial charge in [0.15, 0.2) is 6.73 Å². The molecule has 0 atom stereocenters. The van der Waals surface area contributed by atoms with Gasteiger partial charge in [0.25, 0.3) is 31.9 Å². The molecule has 0 spiro atoms. The molecule has 5 aromatic carbocycles. The zero-order chi connectivity index (χ0) is 49.6. The Morgan fingerprint density at radius 3 is 1.74 bits per heavy atom. The van der Waals surface area contributed by atoms with Crippen LogP contribution in [0.5, 0.6) is 0 Å². The first-order valence-corrected chi connectivity index (χ1v) is 25.6. The first-order valence-electron chi connectivity index (χ1n) is 22.7. The summed E-state index contributed by atoms with van der Waals surface area (Å²) in [5, 5.41) is 18.3. The molecule has 6 aromatic rings. The van der Waals surface area contributed by atoms with Crippen LogP contribution < -0.4 is 9.03 Å². The Morgan fingerprint density at radius 2 is 1.21 bits per heavy atom. The number of rotatable bonds is 13. The monoisotopic (exact) mass is 975 g/mol. The number of pyridine rings is 1. The van der Waals surface area contributed by atoms with Crippen LogP contribution >= 0.6 is 0 Å². The van der Waals surface area contributed by atoms with E-state index in [4.69, 9.17) is 10.00 Å². The molecule has 2 fully saturated rings. The van der Waals surface area contributed by atoms with Gasteiger partial charge in [-0.05, 0) is 146 Å². The minimum atomic E-state index is -4.53. The van der Waals surface area contributed by atoms with E-state index in [0.29, 0.717) is 61.3 Å². The molecule has 2 aliphatic rings. The first kappa shape index (κ1) is 48.6. The largest absolute Gasteiger partial charge is 0.440 e. The fourth-order valence-corrected chi connectivity index (χ4v) is 11.6. The molecule has 356 valence electrons. The quantitative estimate of drug-likeness (QED) is 0.0859. The summed E-state index contributed by atoms with van der Waals surface area (Å²) in [4.78, 5) is 48.5. The van der Waals surface area contributed by atoms with Crippen molar-refractivity contribution in [2.45, 2.75) is 61.2 Å². The topological polar surface area (TPSA) is 211 Å². The summed E-state index contributed by atoms with van der Waals surface area (Å²) in [7, 11) is -9.04. The fraction of sp³-hybridized carbons (Fsp3) is 0.245. The van der Waals surface area contributed by atoms with Gasteiger partial charge in [0.05, 0.1) is 40.2 Å². The molecule has 3 heterocycles. The first-order chi connectivity index (χ1) is 33.7. The molecule has 1 N–H and O–H groups in total. The number of nitrogens with zero attached hydrogens (tertiary/aromatic N) is 6. The maximum Gasteiger partial charge on any atom is 0.341 e. The Labute approximate surface area is 407 Å². The number of hydrogen-bond donors (Lipinski definition) is 1. The summed E-state index contributed by atoms with van der Waals surface area (Å²) in [6.07, 6.45) is 5.37. The van der Waals surface area contributed by atoms with E-state index in [1.165, 1.54) is 54.7 Å². The number of amides is 2. The van der Waals surface area contributed by atoms with Gasteiger partial charge in [0.2, 0.25) is 0 Å². The standard InChI is InChI=1S/C53H49N7O8S2/c1-36-9-15-44(51(61)58-26-21-42(22-27-58)40-17-11-38(32-54)12-18-40)30-48(36)57-69(64,65)50-8-4-3-7-47(50)53(63)68-35-60(70(66,67)46-6-5-25-56-34-46)49-31-45(16-10-37(49)2)52(62)59-28-23-43(24-29-59)41-19-13-39(33-55)14-20-41/h3-20,25,30-31,34,42-43,57H,21-24,26-29,35H2,1-2H3. The minimum Gasteiger partial charge on any atom is -0.440 e. The molecule has 15 nitrogen and oxygen atoms in total. The normalized spacial score (nSPS) is 14.5. The van der Waals surface area contributed by atoms with E-state index in [-0.39, 0.29) is 56.6 Å². The number of nitrogens with one attached hydrogen (secondary N) is 1. The van der Waals surface area contributed by atoms with E-state index in [9.17, 15) is 36.5 Å². The third-order valence-electron chi connectivity index (χ3n) is 13.0. The maximum atomic E-state index is 14.4. The van der Waals surface area contributed by atoms with Crippen LogP contribution in [0.3, 0.4) is 0 Å². The number of likely N-dealkylation sites (tertiary alicyclic amines) is 2. The zero-order valence-electron chi connectivity index (χ0n) is 38.5. The number of esters is 1. The van der Waals surface area contributed by atoms with Crippen molar-refractivity contribution < 1.29 is 36.0 Å². The third kappa shape index (κ3) is 10.6. The predicted octanol–water partition coefficient (Wildman–Crippen LogP) is 8.29. The number of ether oxygens (including phenoxy) is 1. The number of aryl methyl sites for hydroxylation is 2. The summed E-state index contributed by atoms with van der Waals surface area (Å²) in [5.41, 5.74) is 4.57. The van der Waals surface area contributed by atoms with Crippen LogP contribution in [0.4, 0.5) is 11.4 Å². The van der Waals surface area contributed by atoms with Gasteiger partial charge in [-0.25, -0.2) is 25.9 Å². The number of hydrogen-bond acceptors (Lipinski definition) is 11. The summed E-state index contributed by atoms with van der Waals surface area (Å²) >= 11 is 0. The number of sulfonamides is 2. The molecular formula is C53H49N7O8S2. The molecule has 0 radical (unpaired) electrons. The fourth-order valence-electron chi connectivity index (χ4n) is 8.89. The number of benzene rings is 5. The highest BCUT2D eigenvalue weighted by Crippen LogP contribution is 2.33. The Kier molecular flexibility index (Phi) is 14.4. The number of piperidine rings is 2. The lowest BCUT2D eigenvalue weighted by Gasteiger charge is -2.33. The van der Waals surface area contributed by atoms with Crippen LogP contribution in [0.2, 0.25) is 0 Å². The highest BCUT2D eigenvalue weighted by atomic mass is 32.2. The second kappa shape index (κ2) is 20.8. The minimum absolute atomic E-state index is 0.0538. The van der Waals surface area contributed by atoms with Crippen LogP contribution in [-0.2, 0) is 24.8 Å². The van der Waals surface area contributed by atoms with Crippen LogP contribution in [0.15, 0.2) is 144 Å². The van der Waals surface area contributed by atoms with Crippen LogP contribution in [0, 0.1) is 36.5 Å². The molecule has 2 saturated heterocycles. The van der Waals surface area contributed by atoms with Gasteiger partial charge in [-0.1, -0.05) is 48.5 Å². The molecular weight excluding hydrogens is 927 g/mol. The molecule has 0 unspecified atom stereocenters. The third-order valence-corrected chi connectivity index (χ3v) is 16.1. The second-order valence-electron chi connectivity index (χ2n) is 17.3. The average molecular weight is 976 g/mol. The smallest absolute Gasteiger partial charge is 0.341 e. The maximum absolute atomic E-state index is 14.4. The lowest BCUT2D eigenvalue weighted by atomic mass is 9.89. The number of nitriles is 2. The van der Waals surface area contributed by atoms with Crippen molar-refractivity contribution in [2.75, 3.05) is 41.9 Å². The van der Waals surface area contributed by atoms with Crippen molar-refractivity contribution in [3.8, 4) is 12.1 Å². The van der Waals surface area contributed by atoms with E-state index in [0.717, 1.165) is 34.5 Å². The Hall–Kier alpha value is -7.86. The molecule has 0 bridgehead atoms. The van der Waals surface area contributed by atoms with Gasteiger partial charge >= 0.3 is 5.97 Å². The van der Waals surface area contributed by atoms with Crippen molar-refractivity contribution in [1.29, 1.82) is 10.5 Å². The summed E-state index contributed by atoms with van der Waals surface area (Å²) < 4.78 is 66.2. The predicted molar refractivity (Wildman–Crippen MR) is 262 cm³/mol. The molecule has 8 rings (SSSR count). The molecule has 17 heteroatoms. The van der Waals surface area contributed by atoms with Crippen molar-refractivity contribution >= 4 is 49.2 Å². The Morgan fingerprint density at radius 1 is 0.686 bits per heavy atom. The van der Waals surface area contributed by atoms with E-state index < -0.39 is 37.6 Å². The van der Waals surface area contributed by atoms with Gasteiger partial charge < -0.3 is 14.5 Å². The van der Waals surface area contributed by atoms with Crippen LogP contribution in [0.25, 0.3) is 0 Å². The number of carbonyl (C=O) groups is 3. The van der Waals surface area contributed by atoms with Crippen LogP contribution in [-0.4, -0.2) is 82.3 Å². The van der Waals surface area contributed by atoms with E-state index in [1.54, 1.807) is 72.2 Å². The molecule has 2 aliphatic heterocycles. The number of aromatic nitrogens is 1. The van der Waals surface area contributed by atoms with Gasteiger partial charge in [-0.15, -0.1) is 0 Å². The molecule has 0 saturated carbocycles. The van der Waals surface area contributed by atoms with Gasteiger partial charge in [-0.2, -0.15) is 10.5 Å². The molecule has 70 heavy (non-hydrogen) atoms. The van der Waals surface area contributed by atoms with Crippen molar-refractivity contribution in [3.05, 3.63) is 184 Å². The Bertz CT molecular complexity index is 3250. The lowest BCUT2D eigenvalue weighted by Crippen LogP contribution is -2.38. The van der Waals surface area contributed by atoms with E-state index in [2.05, 4.69) is 21.8 Å². The number of anilines is 2. The molecule has 2 amide bonds. The van der Waals surface area contributed by atoms with E-state index in [1.807, 2.05) is 24.3 Å². The van der Waals surface area contributed by atoms with Gasteiger partial charge in [-0.3, -0.25) is 19.3 Å². The Balaban J connectivity index is 0.985. The summed E-state index contributed by atoms with van der Waals surface area (Å²) in [6.45, 7) is 4.30. The zero-order valence-corrected chi connectivity index (χ0v) is 40.1. The summed E-state index contributed by atoms with van der Waals surface area (Å²) in [6, 6.07) is 36.6. The lowest BCUT2D eigenvalue weighted by molar-refractivity contribution is 0.0514. The molecule has 1 aromatic heterocycles. The van der Waals surface area contributed by atoms with Crippen LogP contribution in [0.1, 0.15) is 102 Å². The SMILES string of the molecule is Cc1ccc(C(=O)N2CCC(c3ccc(C#N)cc3)CC2)cc1NS(=O)(=O)c1ccccc1C(=O)OCN(c1cc(C(=O)N2CCC(c3ccc(C#N)cc3)CC2)ccc1C)S(=O)(=O)c1cccnc1. The highest BCUT2D eigenvalue weighted by Gasteiger charge is 2.32. The van der Waals surface area contributed by atoms with E-state index >= 15 is 0 Å². The van der Waals surface area contributed by atoms with Crippen molar-refractivity contribution in [1.82, 2.24) is 14.8 Å². The van der Waals surface area contributed by atoms with Crippen molar-refractivity contribution in [2.24, 2.45) is 0 Å². The summed E-state index contributed by atoms with van der Waals surface area (Å²) in [5.74, 6) is -1.30. The average Bonchev–Trinajstić information content (AvgIpc) is 3.39. The van der Waals surface area contributed by atoms with Gasteiger partial charge in [0, 0.05) is 49.7 Å². The highest BCUT2D eigenvalue weighted by molar-refractivity contribution is 7.93. The second-order valence-corrected chi connectivity index (χ2v) is 20.8. The number of carbonyl (C=O) groups excluding carboxylic acids is 3. The van der Waals surface area contributed by atoms with Crippen molar-refractivity contribution in [3.63, 3.8) is 0 Å².